The van der Waals surface area contributed by atoms with Crippen molar-refractivity contribution in [2.24, 2.45) is 5.92 Å². The number of thioether (sulfide) groups is 1. The summed E-state index contributed by atoms with van der Waals surface area (Å²) in [7, 11) is 0. The highest BCUT2D eigenvalue weighted by Gasteiger charge is 2.23. The molecule has 2 atom stereocenters. The van der Waals surface area contributed by atoms with Gasteiger partial charge in [0, 0.05) is 17.0 Å². The monoisotopic (exact) mass is 391 g/mol. The molecule has 0 bridgehead atoms. The molecule has 0 saturated heterocycles. The SMILES string of the molecule is C[C@@H]1CCCC[C@@H]1NC(=O)CSc1nc(-c2ccccc2)nc2ccccc12. The Labute approximate surface area is 170 Å². The normalized spacial score (nSPS) is 19.5. The zero-order chi connectivity index (χ0) is 19.3. The lowest BCUT2D eigenvalue weighted by molar-refractivity contribution is -0.119. The summed E-state index contributed by atoms with van der Waals surface area (Å²) in [6.45, 7) is 2.24. The quantitative estimate of drug-likeness (QED) is 0.486. The van der Waals surface area contributed by atoms with Crippen molar-refractivity contribution in [1.29, 1.82) is 0 Å². The van der Waals surface area contributed by atoms with Crippen molar-refractivity contribution in [3.05, 3.63) is 54.6 Å². The minimum atomic E-state index is 0.0905. The smallest absolute Gasteiger partial charge is 0.230 e. The standard InChI is InChI=1S/C23H25N3OS/c1-16-9-5-7-13-19(16)24-21(27)15-28-23-18-12-6-8-14-20(18)25-22(26-23)17-10-3-2-4-11-17/h2-4,6,8,10-12,14,16,19H,5,7,9,13,15H2,1H3,(H,24,27)/t16-,19+/m1/s1. The second kappa shape index (κ2) is 8.74. The molecule has 0 spiro atoms. The van der Waals surface area contributed by atoms with E-state index in [1.165, 1.54) is 31.0 Å². The topological polar surface area (TPSA) is 54.9 Å². The van der Waals surface area contributed by atoms with Crippen molar-refractivity contribution in [2.45, 2.75) is 43.7 Å². The van der Waals surface area contributed by atoms with Crippen molar-refractivity contribution in [3.8, 4) is 11.4 Å². The lowest BCUT2D eigenvalue weighted by Gasteiger charge is -2.29. The van der Waals surface area contributed by atoms with Crippen molar-refractivity contribution >= 4 is 28.6 Å². The van der Waals surface area contributed by atoms with E-state index >= 15 is 0 Å². The van der Waals surface area contributed by atoms with Crippen LogP contribution < -0.4 is 5.32 Å². The van der Waals surface area contributed by atoms with E-state index in [-0.39, 0.29) is 5.91 Å². The number of hydrogen-bond acceptors (Lipinski definition) is 4. The number of carbonyl (C=O) groups excluding carboxylic acids is 1. The lowest BCUT2D eigenvalue weighted by atomic mass is 9.86. The summed E-state index contributed by atoms with van der Waals surface area (Å²) >= 11 is 1.49. The third-order valence-corrected chi connectivity index (χ3v) is 6.39. The van der Waals surface area contributed by atoms with Crippen LogP contribution in [-0.4, -0.2) is 27.7 Å². The van der Waals surface area contributed by atoms with E-state index in [1.807, 2.05) is 54.6 Å². The van der Waals surface area contributed by atoms with Gasteiger partial charge in [-0.3, -0.25) is 4.79 Å². The summed E-state index contributed by atoms with van der Waals surface area (Å²) in [6.07, 6.45) is 4.78. The van der Waals surface area contributed by atoms with Crippen LogP contribution in [0.4, 0.5) is 0 Å². The summed E-state index contributed by atoms with van der Waals surface area (Å²) in [4.78, 5) is 22.0. The van der Waals surface area contributed by atoms with Crippen LogP contribution in [0.5, 0.6) is 0 Å². The highest BCUT2D eigenvalue weighted by molar-refractivity contribution is 8.00. The average Bonchev–Trinajstić information content (AvgIpc) is 2.74. The van der Waals surface area contributed by atoms with Gasteiger partial charge in [-0.05, 0) is 24.8 Å². The fraction of sp³-hybridized carbons (Fsp3) is 0.348. The maximum Gasteiger partial charge on any atom is 0.230 e. The fourth-order valence-electron chi connectivity index (χ4n) is 3.79. The Morgan fingerprint density at radius 2 is 1.79 bits per heavy atom. The number of rotatable bonds is 5. The van der Waals surface area contributed by atoms with Gasteiger partial charge in [0.2, 0.25) is 5.91 Å². The Balaban J connectivity index is 1.53. The number of benzene rings is 2. The van der Waals surface area contributed by atoms with Gasteiger partial charge in [-0.15, -0.1) is 0 Å². The number of fused-ring (bicyclic) bond motifs is 1. The average molecular weight is 392 g/mol. The Bertz CT molecular complexity index is 960. The Morgan fingerprint density at radius 3 is 2.61 bits per heavy atom. The Morgan fingerprint density at radius 1 is 1.04 bits per heavy atom. The van der Waals surface area contributed by atoms with E-state index in [0.717, 1.165) is 27.9 Å². The lowest BCUT2D eigenvalue weighted by Crippen LogP contribution is -2.41. The molecule has 3 aromatic rings. The van der Waals surface area contributed by atoms with E-state index in [2.05, 4.69) is 12.2 Å². The number of nitrogens with one attached hydrogen (secondary N) is 1. The van der Waals surface area contributed by atoms with Gasteiger partial charge in [-0.25, -0.2) is 9.97 Å². The van der Waals surface area contributed by atoms with Gasteiger partial charge in [0.25, 0.3) is 0 Å². The number of amides is 1. The summed E-state index contributed by atoms with van der Waals surface area (Å²) in [6, 6.07) is 18.3. The predicted octanol–water partition coefficient (Wildman–Crippen LogP) is 5.08. The summed E-state index contributed by atoms with van der Waals surface area (Å²) in [5.74, 6) is 1.72. The summed E-state index contributed by atoms with van der Waals surface area (Å²) in [5, 5.41) is 5.08. The molecule has 2 aromatic carbocycles. The van der Waals surface area contributed by atoms with E-state index in [9.17, 15) is 4.79 Å². The van der Waals surface area contributed by atoms with Crippen LogP contribution in [0.2, 0.25) is 0 Å². The van der Waals surface area contributed by atoms with Crippen LogP contribution in [0.15, 0.2) is 59.6 Å². The maximum atomic E-state index is 12.5. The molecule has 4 nitrogen and oxygen atoms in total. The van der Waals surface area contributed by atoms with Crippen molar-refractivity contribution in [3.63, 3.8) is 0 Å². The molecule has 1 aliphatic rings. The molecule has 4 rings (SSSR count). The summed E-state index contributed by atoms with van der Waals surface area (Å²) < 4.78 is 0. The van der Waals surface area contributed by atoms with Crippen LogP contribution in [0.3, 0.4) is 0 Å². The zero-order valence-corrected chi connectivity index (χ0v) is 16.9. The number of hydrogen-bond donors (Lipinski definition) is 1. The number of aromatic nitrogens is 2. The van der Waals surface area contributed by atoms with Gasteiger partial charge in [-0.2, -0.15) is 0 Å². The van der Waals surface area contributed by atoms with Crippen molar-refractivity contribution < 1.29 is 4.79 Å². The zero-order valence-electron chi connectivity index (χ0n) is 16.1. The molecule has 1 aliphatic carbocycles. The molecule has 1 heterocycles. The molecule has 1 aromatic heterocycles. The molecule has 144 valence electrons. The second-order valence-electron chi connectivity index (χ2n) is 7.46. The number of carbonyl (C=O) groups is 1. The minimum Gasteiger partial charge on any atom is -0.352 e. The molecular formula is C23H25N3OS. The first kappa shape index (κ1) is 18.9. The van der Waals surface area contributed by atoms with Crippen LogP contribution in [0.25, 0.3) is 22.3 Å². The van der Waals surface area contributed by atoms with Gasteiger partial charge in [0.15, 0.2) is 5.82 Å². The second-order valence-corrected chi connectivity index (χ2v) is 8.42. The molecule has 1 N–H and O–H groups in total. The third kappa shape index (κ3) is 4.36. The maximum absolute atomic E-state index is 12.5. The van der Waals surface area contributed by atoms with E-state index in [4.69, 9.17) is 9.97 Å². The molecule has 0 radical (unpaired) electrons. The van der Waals surface area contributed by atoms with E-state index in [0.29, 0.717) is 23.5 Å². The molecule has 0 unspecified atom stereocenters. The highest BCUT2D eigenvalue weighted by atomic mass is 32.2. The first-order valence-corrected chi connectivity index (χ1v) is 10.9. The molecular weight excluding hydrogens is 366 g/mol. The van der Waals surface area contributed by atoms with Crippen molar-refractivity contribution in [1.82, 2.24) is 15.3 Å². The first-order valence-electron chi connectivity index (χ1n) is 9.95. The molecule has 1 saturated carbocycles. The van der Waals surface area contributed by atoms with E-state index < -0.39 is 0 Å². The fourth-order valence-corrected chi connectivity index (χ4v) is 4.62. The van der Waals surface area contributed by atoms with Crippen LogP contribution in [0.1, 0.15) is 32.6 Å². The number of para-hydroxylation sites is 1. The van der Waals surface area contributed by atoms with E-state index in [1.54, 1.807) is 0 Å². The molecule has 28 heavy (non-hydrogen) atoms. The highest BCUT2D eigenvalue weighted by Crippen LogP contribution is 2.29. The largest absolute Gasteiger partial charge is 0.352 e. The van der Waals surface area contributed by atoms with Crippen LogP contribution in [-0.2, 0) is 4.79 Å². The van der Waals surface area contributed by atoms with Gasteiger partial charge in [0.05, 0.1) is 11.3 Å². The number of nitrogens with zero attached hydrogens (tertiary/aromatic N) is 2. The van der Waals surface area contributed by atoms with Gasteiger partial charge < -0.3 is 5.32 Å². The minimum absolute atomic E-state index is 0.0905. The molecule has 1 amide bonds. The molecule has 1 fully saturated rings. The first-order chi connectivity index (χ1) is 13.7. The third-order valence-electron chi connectivity index (χ3n) is 5.40. The van der Waals surface area contributed by atoms with Gasteiger partial charge >= 0.3 is 0 Å². The van der Waals surface area contributed by atoms with Gasteiger partial charge in [0.1, 0.15) is 5.03 Å². The van der Waals surface area contributed by atoms with Crippen LogP contribution in [0, 0.1) is 5.92 Å². The van der Waals surface area contributed by atoms with Crippen molar-refractivity contribution in [2.75, 3.05) is 5.75 Å². The van der Waals surface area contributed by atoms with Gasteiger partial charge in [-0.1, -0.05) is 80.1 Å². The molecule has 5 heteroatoms. The van der Waals surface area contributed by atoms with Crippen LogP contribution >= 0.6 is 11.8 Å². The molecule has 0 aliphatic heterocycles. The Kier molecular flexibility index (Phi) is 5.91. The predicted molar refractivity (Wildman–Crippen MR) is 115 cm³/mol. The Hall–Kier alpha value is -2.40. The summed E-state index contributed by atoms with van der Waals surface area (Å²) in [5.41, 5.74) is 1.88.